The van der Waals surface area contributed by atoms with Gasteiger partial charge in [0.25, 0.3) is 0 Å². The van der Waals surface area contributed by atoms with Gasteiger partial charge in [0.05, 0.1) is 6.10 Å². The number of amides is 1. The number of methoxy groups -OCH3 is 1. The maximum absolute atomic E-state index is 11.4. The lowest BCUT2D eigenvalue weighted by molar-refractivity contribution is -0.121. The molecule has 0 bridgehead atoms. The summed E-state index contributed by atoms with van der Waals surface area (Å²) in [5.74, 6) is 0.764. The molecule has 1 saturated heterocycles. The van der Waals surface area contributed by atoms with Crippen molar-refractivity contribution in [2.75, 3.05) is 26.7 Å². The minimum Gasteiger partial charge on any atom is -0.382 e. The van der Waals surface area contributed by atoms with E-state index in [0.717, 1.165) is 26.1 Å². The molecule has 1 heterocycles. The smallest absolute Gasteiger partial charge is 0.220 e. The predicted molar refractivity (Wildman–Crippen MR) is 59.7 cm³/mol. The Kier molecular flexibility index (Phi) is 5.65. The highest BCUT2D eigenvalue weighted by Crippen LogP contribution is 2.06. The average molecular weight is 214 g/mol. The zero-order valence-electron chi connectivity index (χ0n) is 9.71. The van der Waals surface area contributed by atoms with Crippen LogP contribution in [0.4, 0.5) is 0 Å². The van der Waals surface area contributed by atoms with Gasteiger partial charge in [-0.1, -0.05) is 0 Å². The van der Waals surface area contributed by atoms with Crippen LogP contribution in [0.3, 0.4) is 0 Å². The van der Waals surface area contributed by atoms with E-state index in [1.54, 1.807) is 7.11 Å². The molecule has 88 valence electrons. The number of hydrogen-bond acceptors (Lipinski definition) is 3. The van der Waals surface area contributed by atoms with Crippen molar-refractivity contribution in [1.82, 2.24) is 10.6 Å². The maximum Gasteiger partial charge on any atom is 0.220 e. The van der Waals surface area contributed by atoms with E-state index >= 15 is 0 Å². The van der Waals surface area contributed by atoms with Gasteiger partial charge in [-0.05, 0) is 38.8 Å². The zero-order chi connectivity index (χ0) is 11.1. The van der Waals surface area contributed by atoms with E-state index in [2.05, 4.69) is 10.6 Å². The minimum absolute atomic E-state index is 0.144. The van der Waals surface area contributed by atoms with Crippen LogP contribution in [-0.2, 0) is 9.53 Å². The van der Waals surface area contributed by atoms with E-state index in [1.807, 2.05) is 6.92 Å². The summed E-state index contributed by atoms with van der Waals surface area (Å²) < 4.78 is 5.09. The third kappa shape index (κ3) is 5.14. The lowest BCUT2D eigenvalue weighted by Crippen LogP contribution is -2.30. The Hall–Kier alpha value is -0.610. The first-order valence-corrected chi connectivity index (χ1v) is 5.72. The fraction of sp³-hybridized carbons (Fsp3) is 0.909. The second-order valence-corrected chi connectivity index (χ2v) is 4.25. The molecule has 15 heavy (non-hydrogen) atoms. The van der Waals surface area contributed by atoms with Crippen molar-refractivity contribution in [3.63, 3.8) is 0 Å². The van der Waals surface area contributed by atoms with Crippen molar-refractivity contribution < 1.29 is 9.53 Å². The maximum atomic E-state index is 11.4. The molecule has 1 rings (SSSR count). The van der Waals surface area contributed by atoms with Crippen molar-refractivity contribution >= 4 is 5.91 Å². The second-order valence-electron chi connectivity index (χ2n) is 4.25. The number of ether oxygens (including phenoxy) is 1. The average Bonchev–Trinajstić information content (AvgIpc) is 2.75. The van der Waals surface area contributed by atoms with Crippen LogP contribution in [0.2, 0.25) is 0 Å². The molecule has 1 aliphatic rings. The Bertz CT molecular complexity index is 191. The molecule has 0 aromatic rings. The monoisotopic (exact) mass is 214 g/mol. The molecule has 0 radical (unpaired) electrons. The van der Waals surface area contributed by atoms with Crippen LogP contribution in [0.25, 0.3) is 0 Å². The van der Waals surface area contributed by atoms with Crippen molar-refractivity contribution in [2.45, 2.75) is 32.3 Å². The molecule has 1 amide bonds. The molecule has 0 aromatic carbocycles. The Morgan fingerprint density at radius 1 is 1.67 bits per heavy atom. The molecule has 4 heteroatoms. The lowest BCUT2D eigenvalue weighted by atomic mass is 10.1. The van der Waals surface area contributed by atoms with Gasteiger partial charge in [0.15, 0.2) is 0 Å². The Labute approximate surface area is 91.8 Å². The Balaban J connectivity index is 2.02. The van der Waals surface area contributed by atoms with Gasteiger partial charge in [0.2, 0.25) is 5.91 Å². The van der Waals surface area contributed by atoms with Crippen LogP contribution in [0.5, 0.6) is 0 Å². The van der Waals surface area contributed by atoms with Crippen LogP contribution in [0, 0.1) is 5.92 Å². The molecule has 1 aliphatic heterocycles. The van der Waals surface area contributed by atoms with Gasteiger partial charge < -0.3 is 15.4 Å². The molecule has 0 saturated carbocycles. The van der Waals surface area contributed by atoms with Gasteiger partial charge in [-0.2, -0.15) is 0 Å². The third-order valence-electron chi connectivity index (χ3n) is 2.93. The fourth-order valence-corrected chi connectivity index (χ4v) is 1.69. The molecule has 2 atom stereocenters. The second kappa shape index (κ2) is 6.80. The van der Waals surface area contributed by atoms with Gasteiger partial charge in [0, 0.05) is 20.1 Å². The van der Waals surface area contributed by atoms with E-state index in [1.165, 1.54) is 6.42 Å². The van der Waals surface area contributed by atoms with Crippen LogP contribution in [0.15, 0.2) is 0 Å². The van der Waals surface area contributed by atoms with Gasteiger partial charge >= 0.3 is 0 Å². The highest BCUT2D eigenvalue weighted by molar-refractivity contribution is 5.75. The first-order valence-electron chi connectivity index (χ1n) is 5.72. The van der Waals surface area contributed by atoms with Crippen molar-refractivity contribution in [3.05, 3.63) is 0 Å². The third-order valence-corrected chi connectivity index (χ3v) is 2.93. The topological polar surface area (TPSA) is 50.4 Å². The van der Waals surface area contributed by atoms with Crippen LogP contribution >= 0.6 is 0 Å². The lowest BCUT2D eigenvalue weighted by Gasteiger charge is -2.11. The zero-order valence-corrected chi connectivity index (χ0v) is 9.71. The van der Waals surface area contributed by atoms with Crippen LogP contribution < -0.4 is 10.6 Å². The summed E-state index contributed by atoms with van der Waals surface area (Å²) in [7, 11) is 1.67. The molecule has 4 nitrogen and oxygen atoms in total. The molecule has 1 fully saturated rings. The van der Waals surface area contributed by atoms with Crippen LogP contribution in [0.1, 0.15) is 26.2 Å². The van der Waals surface area contributed by atoms with E-state index in [-0.39, 0.29) is 12.0 Å². The molecule has 0 aromatic heterocycles. The van der Waals surface area contributed by atoms with Crippen molar-refractivity contribution in [1.29, 1.82) is 0 Å². The quantitative estimate of drug-likeness (QED) is 0.678. The van der Waals surface area contributed by atoms with Crippen molar-refractivity contribution in [3.8, 4) is 0 Å². The number of rotatable bonds is 6. The fourth-order valence-electron chi connectivity index (χ4n) is 1.69. The molecule has 2 unspecified atom stereocenters. The van der Waals surface area contributed by atoms with E-state index in [9.17, 15) is 4.79 Å². The predicted octanol–water partition coefficient (Wildman–Crippen LogP) is 0.527. The summed E-state index contributed by atoms with van der Waals surface area (Å²) in [6, 6.07) is 0. The summed E-state index contributed by atoms with van der Waals surface area (Å²) in [5, 5.41) is 6.25. The summed E-state index contributed by atoms with van der Waals surface area (Å²) in [4.78, 5) is 11.4. The van der Waals surface area contributed by atoms with E-state index in [0.29, 0.717) is 12.3 Å². The number of nitrogens with one attached hydrogen (secondary N) is 2. The number of carbonyl (C=O) groups is 1. The molecular weight excluding hydrogens is 192 g/mol. The molecule has 2 N–H and O–H groups in total. The van der Waals surface area contributed by atoms with Gasteiger partial charge in [-0.25, -0.2) is 0 Å². The highest BCUT2D eigenvalue weighted by atomic mass is 16.5. The summed E-state index contributed by atoms with van der Waals surface area (Å²) in [5.41, 5.74) is 0. The molecular formula is C11H22N2O2. The highest BCUT2D eigenvalue weighted by Gasteiger charge is 2.15. The van der Waals surface area contributed by atoms with Gasteiger partial charge in [-0.15, -0.1) is 0 Å². The number of carbonyl (C=O) groups excluding carboxylic acids is 1. The molecule has 0 aliphatic carbocycles. The number of hydrogen-bond donors (Lipinski definition) is 2. The first-order chi connectivity index (χ1) is 7.22. The van der Waals surface area contributed by atoms with E-state index < -0.39 is 0 Å². The van der Waals surface area contributed by atoms with Crippen LogP contribution in [-0.4, -0.2) is 38.8 Å². The summed E-state index contributed by atoms with van der Waals surface area (Å²) in [6.45, 7) is 4.91. The Morgan fingerprint density at radius 3 is 3.07 bits per heavy atom. The van der Waals surface area contributed by atoms with Gasteiger partial charge in [-0.3, -0.25) is 4.79 Å². The normalized spacial score (nSPS) is 22.7. The van der Waals surface area contributed by atoms with Gasteiger partial charge in [0.1, 0.15) is 0 Å². The summed E-state index contributed by atoms with van der Waals surface area (Å²) in [6.07, 6.45) is 2.71. The summed E-state index contributed by atoms with van der Waals surface area (Å²) >= 11 is 0. The molecule has 0 spiro atoms. The largest absolute Gasteiger partial charge is 0.382 e. The first kappa shape index (κ1) is 12.5. The SMILES string of the molecule is COC(C)CCC(=O)NCC1CCNC1. The van der Waals surface area contributed by atoms with Crippen molar-refractivity contribution in [2.24, 2.45) is 5.92 Å². The Morgan fingerprint density at radius 2 is 2.47 bits per heavy atom. The standard InChI is InChI=1S/C11H22N2O2/c1-9(15-2)3-4-11(14)13-8-10-5-6-12-7-10/h9-10,12H,3-8H2,1-2H3,(H,13,14). The van der Waals surface area contributed by atoms with E-state index in [4.69, 9.17) is 4.74 Å². The minimum atomic E-state index is 0.144.